The Bertz CT molecular complexity index is 1330. The average molecular weight is 530 g/mol. The van der Waals surface area contributed by atoms with Gasteiger partial charge in [0.2, 0.25) is 18.5 Å². The van der Waals surface area contributed by atoms with E-state index in [4.69, 9.17) is 9.47 Å². The number of rotatable bonds is 11. The first-order valence-electron chi connectivity index (χ1n) is 12.7. The van der Waals surface area contributed by atoms with Gasteiger partial charge in [-0.15, -0.1) is 0 Å². The highest BCUT2D eigenvalue weighted by molar-refractivity contribution is 6.28. The number of benzene rings is 2. The van der Waals surface area contributed by atoms with E-state index in [1.54, 1.807) is 43.5 Å². The molecule has 1 aliphatic carbocycles. The molecule has 39 heavy (non-hydrogen) atoms. The Balaban J connectivity index is 1.52. The molecular formula is C30H31N3O6. The largest absolute Gasteiger partial charge is 0.454 e. The van der Waals surface area contributed by atoms with Crippen LogP contribution in [-0.2, 0) is 20.8 Å². The first kappa shape index (κ1) is 27.4. The molecule has 0 aromatic heterocycles. The van der Waals surface area contributed by atoms with E-state index in [0.717, 1.165) is 29.5 Å². The number of carbonyl (C=O) groups is 4. The van der Waals surface area contributed by atoms with Gasteiger partial charge in [0, 0.05) is 31.6 Å². The highest BCUT2D eigenvalue weighted by atomic mass is 16.7. The summed E-state index contributed by atoms with van der Waals surface area (Å²) < 4.78 is 10.8. The predicted octanol–water partition coefficient (Wildman–Crippen LogP) is 3.73. The number of anilines is 1. The minimum atomic E-state index is -1.11. The SMILES string of the molecule is C=Cc1ccccc1CC(NC(=O)NC(CC1=CCCC=C1)C(=O)N(C)c1ccc2c(c1)OCO2)C(=O)C=O. The summed E-state index contributed by atoms with van der Waals surface area (Å²) >= 11 is 0. The number of likely N-dealkylation sites (N-methyl/N-ethyl adjacent to an activating group) is 1. The molecule has 2 aliphatic rings. The van der Waals surface area contributed by atoms with Crippen LogP contribution in [0.4, 0.5) is 10.5 Å². The van der Waals surface area contributed by atoms with Crippen LogP contribution in [0, 0.1) is 0 Å². The second kappa shape index (κ2) is 12.7. The topological polar surface area (TPSA) is 114 Å². The van der Waals surface area contributed by atoms with Crippen molar-refractivity contribution < 1.29 is 28.7 Å². The molecule has 4 rings (SSSR count). The molecule has 0 fully saturated rings. The normalized spacial score (nSPS) is 14.9. The smallest absolute Gasteiger partial charge is 0.316 e. The van der Waals surface area contributed by atoms with Crippen LogP contribution in [0.25, 0.3) is 6.08 Å². The molecule has 2 unspecified atom stereocenters. The number of hydrogen-bond acceptors (Lipinski definition) is 6. The predicted molar refractivity (Wildman–Crippen MR) is 148 cm³/mol. The van der Waals surface area contributed by atoms with Gasteiger partial charge in [-0.1, -0.05) is 55.1 Å². The molecule has 202 valence electrons. The maximum Gasteiger partial charge on any atom is 0.316 e. The third-order valence-electron chi connectivity index (χ3n) is 6.65. The van der Waals surface area contributed by atoms with Gasteiger partial charge in [-0.2, -0.15) is 0 Å². The fourth-order valence-corrected chi connectivity index (χ4v) is 4.51. The summed E-state index contributed by atoms with van der Waals surface area (Å²) in [6, 6.07) is 9.64. The maximum atomic E-state index is 13.6. The van der Waals surface area contributed by atoms with Crippen LogP contribution in [0.5, 0.6) is 11.5 Å². The lowest BCUT2D eigenvalue weighted by molar-refractivity contribution is -0.131. The van der Waals surface area contributed by atoms with Crippen LogP contribution in [-0.4, -0.2) is 49.9 Å². The van der Waals surface area contributed by atoms with E-state index in [-0.39, 0.29) is 31.8 Å². The van der Waals surface area contributed by atoms with Crippen LogP contribution in [0.3, 0.4) is 0 Å². The van der Waals surface area contributed by atoms with Gasteiger partial charge < -0.3 is 25.0 Å². The zero-order chi connectivity index (χ0) is 27.8. The Hall–Kier alpha value is -4.66. The van der Waals surface area contributed by atoms with Gasteiger partial charge in [0.1, 0.15) is 12.1 Å². The van der Waals surface area contributed by atoms with Gasteiger partial charge in [-0.3, -0.25) is 14.4 Å². The number of urea groups is 1. The maximum absolute atomic E-state index is 13.6. The standard InChI is InChI=1S/C30H31N3O6/c1-3-21-11-7-8-12-22(21)16-24(26(35)18-34)31-30(37)32-25(15-20-9-5-4-6-10-20)29(36)33(2)23-13-14-27-28(17-23)39-19-38-27/h3,5,7-14,17-18,24-25H,1,4,6,15-16,19H2,2H3,(H2,31,32,37). The summed E-state index contributed by atoms with van der Waals surface area (Å²) in [5.41, 5.74) is 3.03. The minimum Gasteiger partial charge on any atom is -0.454 e. The molecule has 0 saturated heterocycles. The fraction of sp³-hybridized carbons (Fsp3) is 0.267. The number of hydrogen-bond donors (Lipinski definition) is 2. The number of amides is 3. The first-order chi connectivity index (χ1) is 18.9. The van der Waals surface area contributed by atoms with E-state index >= 15 is 0 Å². The van der Waals surface area contributed by atoms with Gasteiger partial charge in [0.25, 0.3) is 0 Å². The number of aldehydes is 1. The summed E-state index contributed by atoms with van der Waals surface area (Å²) in [5, 5.41) is 5.32. The van der Waals surface area contributed by atoms with E-state index < -0.39 is 23.9 Å². The average Bonchev–Trinajstić information content (AvgIpc) is 3.44. The van der Waals surface area contributed by atoms with Crippen LogP contribution in [0.15, 0.2) is 72.8 Å². The Morgan fingerprint density at radius 1 is 1.03 bits per heavy atom. The summed E-state index contributed by atoms with van der Waals surface area (Å²) in [5.74, 6) is -0.0149. The third kappa shape index (κ3) is 6.81. The van der Waals surface area contributed by atoms with E-state index in [0.29, 0.717) is 17.2 Å². The Kier molecular flexibility index (Phi) is 8.94. The Morgan fingerprint density at radius 3 is 2.54 bits per heavy atom. The highest BCUT2D eigenvalue weighted by Crippen LogP contribution is 2.35. The van der Waals surface area contributed by atoms with Crippen molar-refractivity contribution in [2.75, 3.05) is 18.7 Å². The third-order valence-corrected chi connectivity index (χ3v) is 6.65. The van der Waals surface area contributed by atoms with E-state index in [2.05, 4.69) is 17.2 Å². The van der Waals surface area contributed by atoms with Crippen molar-refractivity contribution in [1.29, 1.82) is 0 Å². The van der Waals surface area contributed by atoms with Crippen molar-refractivity contribution in [3.8, 4) is 11.5 Å². The molecule has 1 heterocycles. The molecular weight excluding hydrogens is 498 g/mol. The molecule has 9 heteroatoms. The number of ether oxygens (including phenoxy) is 2. The monoisotopic (exact) mass is 529 g/mol. The number of ketones is 1. The van der Waals surface area contributed by atoms with Crippen LogP contribution in [0.1, 0.15) is 30.4 Å². The lowest BCUT2D eigenvalue weighted by Gasteiger charge is -2.26. The summed E-state index contributed by atoms with van der Waals surface area (Å²) in [4.78, 5) is 52.0. The second-order valence-corrected chi connectivity index (χ2v) is 9.25. The lowest BCUT2D eigenvalue weighted by atomic mass is 9.98. The molecule has 3 amide bonds. The fourth-order valence-electron chi connectivity index (χ4n) is 4.51. The van der Waals surface area contributed by atoms with Crippen molar-refractivity contribution in [3.05, 3.63) is 84.0 Å². The van der Waals surface area contributed by atoms with Crippen LogP contribution >= 0.6 is 0 Å². The first-order valence-corrected chi connectivity index (χ1v) is 12.7. The number of nitrogens with zero attached hydrogens (tertiary/aromatic N) is 1. The van der Waals surface area contributed by atoms with E-state index in [1.807, 2.05) is 30.4 Å². The van der Waals surface area contributed by atoms with Gasteiger partial charge in [-0.05, 0) is 41.7 Å². The second-order valence-electron chi connectivity index (χ2n) is 9.25. The molecule has 2 N–H and O–H groups in total. The quantitative estimate of drug-likeness (QED) is 0.339. The van der Waals surface area contributed by atoms with Crippen molar-refractivity contribution in [3.63, 3.8) is 0 Å². The summed E-state index contributed by atoms with van der Waals surface area (Å²) in [6.07, 6.45) is 9.93. The number of Topliss-reactive ketones (excluding diaryl/α,β-unsaturated/α-hetero) is 1. The van der Waals surface area contributed by atoms with Crippen molar-refractivity contribution in [2.24, 2.45) is 0 Å². The Morgan fingerprint density at radius 2 is 1.79 bits per heavy atom. The number of carbonyl (C=O) groups excluding carboxylic acids is 4. The van der Waals surface area contributed by atoms with Crippen LogP contribution < -0.4 is 25.0 Å². The van der Waals surface area contributed by atoms with Crippen molar-refractivity contribution in [2.45, 2.75) is 37.8 Å². The molecule has 2 atom stereocenters. The molecule has 9 nitrogen and oxygen atoms in total. The van der Waals surface area contributed by atoms with E-state index in [9.17, 15) is 19.2 Å². The molecule has 0 spiro atoms. The van der Waals surface area contributed by atoms with Crippen LogP contribution in [0.2, 0.25) is 0 Å². The Labute approximate surface area is 227 Å². The molecule has 0 radical (unpaired) electrons. The zero-order valence-electron chi connectivity index (χ0n) is 21.7. The van der Waals surface area contributed by atoms with Gasteiger partial charge >= 0.3 is 6.03 Å². The van der Waals surface area contributed by atoms with Crippen molar-refractivity contribution >= 4 is 35.8 Å². The zero-order valence-corrected chi connectivity index (χ0v) is 21.7. The van der Waals surface area contributed by atoms with Gasteiger partial charge in [0.15, 0.2) is 17.8 Å². The number of allylic oxidation sites excluding steroid dienone is 3. The minimum absolute atomic E-state index is 0.0940. The van der Waals surface area contributed by atoms with Gasteiger partial charge in [0.05, 0.1) is 0 Å². The molecule has 0 saturated carbocycles. The lowest BCUT2D eigenvalue weighted by Crippen LogP contribution is -2.54. The molecule has 2 aromatic carbocycles. The highest BCUT2D eigenvalue weighted by Gasteiger charge is 2.29. The molecule has 0 bridgehead atoms. The molecule has 2 aromatic rings. The molecule has 1 aliphatic heterocycles. The van der Waals surface area contributed by atoms with Gasteiger partial charge in [-0.25, -0.2) is 4.79 Å². The number of fused-ring (bicyclic) bond motifs is 1. The summed E-state index contributed by atoms with van der Waals surface area (Å²) in [6.45, 7) is 3.89. The summed E-state index contributed by atoms with van der Waals surface area (Å²) in [7, 11) is 1.61. The van der Waals surface area contributed by atoms with Crippen molar-refractivity contribution in [1.82, 2.24) is 10.6 Å². The number of nitrogens with one attached hydrogen (secondary N) is 2. The van der Waals surface area contributed by atoms with E-state index in [1.165, 1.54) is 4.90 Å².